The predicted molar refractivity (Wildman–Crippen MR) is 274 cm³/mol. The normalized spacial score (nSPS) is 12.0. The number of aliphatic hydroxyl groups is 3. The Morgan fingerprint density at radius 2 is 0.719 bits per heavy atom. The Morgan fingerprint density at radius 3 is 1.02 bits per heavy atom. The van der Waals surface area contributed by atoms with E-state index in [1.807, 2.05) is 11.8 Å². The van der Waals surface area contributed by atoms with Crippen molar-refractivity contribution in [3.8, 4) is 0 Å². The van der Waals surface area contributed by atoms with E-state index >= 15 is 0 Å². The lowest BCUT2D eigenvalue weighted by atomic mass is 10.1. The second-order valence-corrected chi connectivity index (χ2v) is 18.2. The van der Waals surface area contributed by atoms with Crippen LogP contribution in [0.25, 0.3) is 0 Å². The first kappa shape index (κ1) is 66.5. The van der Waals surface area contributed by atoms with Crippen molar-refractivity contribution in [3.63, 3.8) is 0 Å². The number of unbranched alkanes of at least 4 members (excludes halogenated alkanes) is 27. The van der Waals surface area contributed by atoms with E-state index in [0.717, 1.165) is 45.1 Å². The van der Waals surface area contributed by atoms with E-state index < -0.39 is 6.10 Å². The lowest BCUT2D eigenvalue weighted by Crippen LogP contribution is -2.39. The highest BCUT2D eigenvalue weighted by molar-refractivity contribution is 5.77. The van der Waals surface area contributed by atoms with E-state index in [4.69, 9.17) is 0 Å². The number of nitrogens with one attached hydrogen (secondary N) is 4. The Labute approximate surface area is 397 Å². The Morgan fingerprint density at radius 1 is 0.422 bits per heavy atom. The van der Waals surface area contributed by atoms with Crippen molar-refractivity contribution >= 4 is 17.7 Å². The van der Waals surface area contributed by atoms with Gasteiger partial charge in [0.25, 0.3) is 0 Å². The van der Waals surface area contributed by atoms with Crippen molar-refractivity contribution in [3.05, 3.63) is 0 Å². The van der Waals surface area contributed by atoms with Crippen molar-refractivity contribution < 1.29 is 29.7 Å². The van der Waals surface area contributed by atoms with Crippen molar-refractivity contribution in [2.45, 2.75) is 266 Å². The predicted octanol–water partition coefficient (Wildman–Crippen LogP) is 10.9. The summed E-state index contributed by atoms with van der Waals surface area (Å²) in [5.74, 6) is 0.119. The van der Waals surface area contributed by atoms with Gasteiger partial charge >= 0.3 is 0 Å². The van der Waals surface area contributed by atoms with Gasteiger partial charge in [0.2, 0.25) is 17.7 Å². The van der Waals surface area contributed by atoms with Crippen LogP contribution in [-0.2, 0) is 14.4 Å². The van der Waals surface area contributed by atoms with Crippen LogP contribution in [-0.4, -0.2) is 109 Å². The summed E-state index contributed by atoms with van der Waals surface area (Å²) in [5.41, 5.74) is 0. The van der Waals surface area contributed by atoms with Gasteiger partial charge in [0.15, 0.2) is 0 Å². The van der Waals surface area contributed by atoms with Gasteiger partial charge < -0.3 is 36.6 Å². The molecule has 3 amide bonds. The molecule has 0 fully saturated rings. The molecule has 11 heteroatoms. The van der Waals surface area contributed by atoms with Crippen molar-refractivity contribution in [1.29, 1.82) is 0 Å². The summed E-state index contributed by atoms with van der Waals surface area (Å²) < 4.78 is 0. The first-order chi connectivity index (χ1) is 30.7. The number of hydrogen-bond acceptors (Lipinski definition) is 8. The van der Waals surface area contributed by atoms with Crippen molar-refractivity contribution in [2.75, 3.05) is 59.0 Å². The fraction of sp³-hybridized carbons (Fsp3) is 0.943. The van der Waals surface area contributed by atoms with Crippen LogP contribution < -0.4 is 21.3 Å². The highest BCUT2D eigenvalue weighted by atomic mass is 16.3. The van der Waals surface area contributed by atoms with Crippen LogP contribution in [0.4, 0.5) is 0 Å². The van der Waals surface area contributed by atoms with Gasteiger partial charge in [-0.3, -0.25) is 19.3 Å². The summed E-state index contributed by atoms with van der Waals surface area (Å²) in [6, 6.07) is 0. The molecule has 0 aliphatic carbocycles. The Kier molecular flexibility index (Phi) is 57.7. The fourth-order valence-corrected chi connectivity index (χ4v) is 7.57. The highest BCUT2D eigenvalue weighted by Crippen LogP contribution is 2.12. The number of hydrogen-bond donors (Lipinski definition) is 7. The molecule has 2 atom stereocenters. The molecule has 0 heterocycles. The van der Waals surface area contributed by atoms with Crippen LogP contribution in [0.5, 0.6) is 0 Å². The Balaban J connectivity index is -0.00000132. The molecule has 0 aliphatic rings. The zero-order valence-electron chi connectivity index (χ0n) is 42.1. The standard InChI is InChI=1S/C33H67N3O4.C19H40N2O2.CH4/c1-3-5-7-9-11-13-15-17-19-21-25-34-32(39)23-27-36(29-31(38)30-37)28-24-33(40)35-26-22-20-18-16-14-12-10-8-6-4-2;1-3-5-6-7-8-9-10-11-12-13-15-21-19(23)14-16-20-17-18(22)4-2;/h31,37-38H,3-30H2,1-2H3,(H,34,39)(H,35,40);18,20,22H,3-17H2,1-2H3,(H,21,23);1H4. The molecule has 0 rings (SSSR count). The molecule has 0 saturated carbocycles. The second kappa shape index (κ2) is 55.5. The maximum Gasteiger partial charge on any atom is 0.221 e. The molecular weight excluding hydrogens is 803 g/mol. The minimum absolute atomic E-state index is 0. The van der Waals surface area contributed by atoms with Crippen molar-refractivity contribution in [1.82, 2.24) is 26.2 Å². The smallest absolute Gasteiger partial charge is 0.221 e. The van der Waals surface area contributed by atoms with Gasteiger partial charge in [-0.1, -0.05) is 208 Å². The van der Waals surface area contributed by atoms with Gasteiger partial charge in [0.05, 0.1) is 18.8 Å². The topological polar surface area (TPSA) is 163 Å². The zero-order valence-corrected chi connectivity index (χ0v) is 42.1. The number of carbonyl (C=O) groups is 3. The molecular formula is C53H111N5O6. The average molecular weight is 914 g/mol. The van der Waals surface area contributed by atoms with E-state index in [2.05, 4.69) is 42.0 Å². The van der Waals surface area contributed by atoms with Crippen LogP contribution in [0.3, 0.4) is 0 Å². The van der Waals surface area contributed by atoms with Crippen LogP contribution in [0.15, 0.2) is 0 Å². The molecule has 7 N–H and O–H groups in total. The minimum Gasteiger partial charge on any atom is -0.394 e. The lowest BCUT2D eigenvalue weighted by Gasteiger charge is -2.24. The van der Waals surface area contributed by atoms with Crippen LogP contribution in [0.1, 0.15) is 253 Å². The third-order valence-corrected chi connectivity index (χ3v) is 11.9. The highest BCUT2D eigenvalue weighted by Gasteiger charge is 2.14. The average Bonchev–Trinajstić information content (AvgIpc) is 3.28. The Hall–Kier alpha value is -1.79. The Bertz CT molecular complexity index is 918. The molecule has 0 aromatic rings. The number of aliphatic hydroxyl groups excluding tert-OH is 3. The quantitative estimate of drug-likeness (QED) is 0.0297. The molecule has 0 bridgehead atoms. The van der Waals surface area contributed by atoms with E-state index in [0.29, 0.717) is 58.5 Å². The number of rotatable bonds is 48. The van der Waals surface area contributed by atoms with E-state index in [1.54, 1.807) is 0 Å². The van der Waals surface area contributed by atoms with Crippen LogP contribution in [0.2, 0.25) is 0 Å². The maximum atomic E-state index is 12.3. The molecule has 0 aromatic carbocycles. The molecule has 2 unspecified atom stereocenters. The zero-order chi connectivity index (χ0) is 46.7. The molecule has 0 radical (unpaired) electrons. The summed E-state index contributed by atoms with van der Waals surface area (Å²) in [4.78, 5) is 38.1. The third-order valence-electron chi connectivity index (χ3n) is 11.9. The summed E-state index contributed by atoms with van der Waals surface area (Å²) in [6.45, 7) is 13.0. The van der Waals surface area contributed by atoms with Gasteiger partial charge in [-0.2, -0.15) is 0 Å². The molecule has 11 nitrogen and oxygen atoms in total. The van der Waals surface area contributed by atoms with E-state index in [1.165, 1.54) is 161 Å². The number of carbonyl (C=O) groups excluding carboxylic acids is 3. The molecule has 384 valence electrons. The van der Waals surface area contributed by atoms with Gasteiger partial charge in [-0.25, -0.2) is 0 Å². The minimum atomic E-state index is -0.871. The third kappa shape index (κ3) is 54.5. The first-order valence-electron chi connectivity index (χ1n) is 26.9. The van der Waals surface area contributed by atoms with Crippen molar-refractivity contribution in [2.24, 2.45) is 0 Å². The largest absolute Gasteiger partial charge is 0.394 e. The number of amides is 3. The molecule has 0 aromatic heterocycles. The van der Waals surface area contributed by atoms with Crippen LogP contribution >= 0.6 is 0 Å². The lowest BCUT2D eigenvalue weighted by molar-refractivity contribution is -0.122. The molecule has 0 aliphatic heterocycles. The summed E-state index contributed by atoms with van der Waals surface area (Å²) in [6.07, 6.45) is 39.4. The molecule has 0 spiro atoms. The second-order valence-electron chi connectivity index (χ2n) is 18.2. The molecule has 64 heavy (non-hydrogen) atoms. The maximum absolute atomic E-state index is 12.3. The van der Waals surface area contributed by atoms with Gasteiger partial charge in [0, 0.05) is 71.6 Å². The summed E-state index contributed by atoms with van der Waals surface area (Å²) >= 11 is 0. The number of nitrogens with zero attached hydrogens (tertiary/aromatic N) is 1. The first-order valence-corrected chi connectivity index (χ1v) is 26.9. The van der Waals surface area contributed by atoms with Crippen LogP contribution in [0, 0.1) is 0 Å². The van der Waals surface area contributed by atoms with Gasteiger partial charge in [0.1, 0.15) is 0 Å². The molecule has 0 saturated heterocycles. The van der Waals surface area contributed by atoms with Gasteiger partial charge in [-0.05, 0) is 25.7 Å². The summed E-state index contributed by atoms with van der Waals surface area (Å²) in [7, 11) is 0. The monoisotopic (exact) mass is 914 g/mol. The van der Waals surface area contributed by atoms with E-state index in [9.17, 15) is 29.7 Å². The fourth-order valence-electron chi connectivity index (χ4n) is 7.57. The van der Waals surface area contributed by atoms with E-state index in [-0.39, 0.29) is 44.4 Å². The van der Waals surface area contributed by atoms with Gasteiger partial charge in [-0.15, -0.1) is 0 Å². The SMILES string of the molecule is C.CCCCCCCCCCCCNC(=O)CCN(CCC(=O)NCCCCCCCCCCCC)CC(O)CO.CCCCCCCCCCCCNC(=O)CCNCC(O)CC. The summed E-state index contributed by atoms with van der Waals surface area (Å²) in [5, 5.41) is 40.6.